The minimum Gasteiger partial charge on any atom is -0.489 e. The Labute approximate surface area is 189 Å². The van der Waals surface area contributed by atoms with Crippen LogP contribution >= 0.6 is 11.6 Å². The number of methoxy groups -OCH3 is 1. The highest BCUT2D eigenvalue weighted by Crippen LogP contribution is 2.36. The molecule has 9 heteroatoms. The second-order valence-electron chi connectivity index (χ2n) is 6.98. The molecule has 0 atom stereocenters. The van der Waals surface area contributed by atoms with Crippen LogP contribution in [-0.4, -0.2) is 36.6 Å². The zero-order chi connectivity index (χ0) is 22.5. The lowest BCUT2D eigenvalue weighted by molar-refractivity contribution is 0.147. The molecule has 0 aliphatic rings. The van der Waals surface area contributed by atoms with E-state index in [0.717, 1.165) is 22.0 Å². The number of ether oxygens (including phenoxy) is 2. The average molecular weight is 452 g/mol. The first-order valence-corrected chi connectivity index (χ1v) is 10.3. The summed E-state index contributed by atoms with van der Waals surface area (Å²) in [7, 11) is 1.62. The maximum atomic E-state index is 12.3. The Morgan fingerprint density at radius 1 is 1.06 bits per heavy atom. The second kappa shape index (κ2) is 9.59. The van der Waals surface area contributed by atoms with Gasteiger partial charge in [-0.25, -0.2) is 4.79 Å². The predicted molar refractivity (Wildman–Crippen MR) is 127 cm³/mol. The number of carbonyl (C=O) groups excluding carboxylic acids is 1. The number of nitrogens with two attached hydrogens (primary N) is 1. The molecule has 0 aliphatic carbocycles. The van der Waals surface area contributed by atoms with Gasteiger partial charge in [-0.1, -0.05) is 29.8 Å². The number of urea groups is 1. The van der Waals surface area contributed by atoms with E-state index in [4.69, 9.17) is 26.8 Å². The van der Waals surface area contributed by atoms with Gasteiger partial charge in [0.25, 0.3) is 0 Å². The van der Waals surface area contributed by atoms with Gasteiger partial charge in [-0.3, -0.25) is 5.10 Å². The molecule has 0 radical (unpaired) electrons. The number of rotatable bonds is 7. The third-order valence-electron chi connectivity index (χ3n) is 4.79. The first kappa shape index (κ1) is 21.5. The first-order valence-electron chi connectivity index (χ1n) is 9.87. The number of aromatic nitrogens is 2. The lowest BCUT2D eigenvalue weighted by Crippen LogP contribution is -2.19. The van der Waals surface area contributed by atoms with Crippen molar-refractivity contribution in [3.8, 4) is 16.9 Å². The van der Waals surface area contributed by atoms with Crippen LogP contribution in [0.15, 0.2) is 60.7 Å². The molecule has 32 heavy (non-hydrogen) atoms. The van der Waals surface area contributed by atoms with Gasteiger partial charge in [0.1, 0.15) is 17.9 Å². The Balaban J connectivity index is 1.52. The third-order valence-corrected chi connectivity index (χ3v) is 5.03. The fourth-order valence-corrected chi connectivity index (χ4v) is 3.51. The number of aromatic amines is 1. The Morgan fingerprint density at radius 2 is 1.84 bits per heavy atom. The number of H-pyrrole nitrogens is 1. The molecule has 4 rings (SSSR count). The summed E-state index contributed by atoms with van der Waals surface area (Å²) in [5, 5.41) is 14.0. The maximum absolute atomic E-state index is 12.3. The zero-order valence-electron chi connectivity index (χ0n) is 17.3. The lowest BCUT2D eigenvalue weighted by Gasteiger charge is -2.11. The number of fused-ring (bicyclic) bond motifs is 1. The van der Waals surface area contributed by atoms with Crippen LogP contribution < -0.4 is 21.1 Å². The number of nitrogen functional groups attached to an aromatic ring is 1. The van der Waals surface area contributed by atoms with Gasteiger partial charge >= 0.3 is 6.03 Å². The van der Waals surface area contributed by atoms with E-state index in [0.29, 0.717) is 41.2 Å². The number of benzene rings is 3. The second-order valence-corrected chi connectivity index (χ2v) is 7.41. The highest BCUT2D eigenvalue weighted by molar-refractivity contribution is 6.30. The summed E-state index contributed by atoms with van der Waals surface area (Å²) in [5.41, 5.74) is 9.92. The Morgan fingerprint density at radius 3 is 2.59 bits per heavy atom. The zero-order valence-corrected chi connectivity index (χ0v) is 18.1. The van der Waals surface area contributed by atoms with Crippen molar-refractivity contribution < 1.29 is 14.3 Å². The van der Waals surface area contributed by atoms with Crippen LogP contribution in [0, 0.1) is 0 Å². The van der Waals surface area contributed by atoms with Crippen LogP contribution in [0.2, 0.25) is 5.02 Å². The van der Waals surface area contributed by atoms with Crippen LogP contribution in [0.3, 0.4) is 0 Å². The van der Waals surface area contributed by atoms with Crippen molar-refractivity contribution in [2.24, 2.45) is 0 Å². The topological polar surface area (TPSA) is 114 Å². The van der Waals surface area contributed by atoms with Crippen LogP contribution in [0.1, 0.15) is 0 Å². The van der Waals surface area contributed by atoms with Crippen molar-refractivity contribution in [3.63, 3.8) is 0 Å². The number of hydrogen-bond acceptors (Lipinski definition) is 5. The summed E-state index contributed by atoms with van der Waals surface area (Å²) in [6.07, 6.45) is 0. The van der Waals surface area contributed by atoms with Crippen LogP contribution in [-0.2, 0) is 4.74 Å². The van der Waals surface area contributed by atoms with Gasteiger partial charge in [0.15, 0.2) is 5.82 Å². The number of nitrogens with one attached hydrogen (secondary N) is 3. The van der Waals surface area contributed by atoms with Crippen molar-refractivity contribution in [2.45, 2.75) is 0 Å². The smallest absolute Gasteiger partial charge is 0.323 e. The molecule has 0 saturated heterocycles. The molecule has 164 valence electrons. The quantitative estimate of drug-likeness (QED) is 0.291. The largest absolute Gasteiger partial charge is 0.489 e. The molecule has 0 unspecified atom stereocenters. The molecule has 8 nitrogen and oxygen atoms in total. The van der Waals surface area contributed by atoms with Gasteiger partial charge in [-0.05, 0) is 53.6 Å². The predicted octanol–water partition coefficient (Wildman–Crippen LogP) is 5.13. The molecule has 5 N–H and O–H groups in total. The minimum atomic E-state index is -0.362. The van der Waals surface area contributed by atoms with Crippen LogP contribution in [0.4, 0.5) is 22.0 Å². The molecule has 2 amide bonds. The van der Waals surface area contributed by atoms with E-state index in [1.165, 1.54) is 0 Å². The third kappa shape index (κ3) is 4.77. The van der Waals surface area contributed by atoms with Gasteiger partial charge in [0.05, 0.1) is 12.0 Å². The summed E-state index contributed by atoms with van der Waals surface area (Å²) in [6.45, 7) is 0.897. The summed E-state index contributed by atoms with van der Waals surface area (Å²) in [6, 6.07) is 17.8. The summed E-state index contributed by atoms with van der Waals surface area (Å²) < 4.78 is 10.8. The SMILES string of the molecule is COCCOc1ccc(-c2ccc(NC(=O)Nc3cccc(Cl)c3)cc2)c2c(N)n[nH]c12. The van der Waals surface area contributed by atoms with Crippen molar-refractivity contribution in [1.82, 2.24) is 10.2 Å². The Hall–Kier alpha value is -3.75. The highest BCUT2D eigenvalue weighted by Gasteiger charge is 2.15. The van der Waals surface area contributed by atoms with Gasteiger partial charge < -0.3 is 25.8 Å². The van der Waals surface area contributed by atoms with E-state index < -0.39 is 0 Å². The van der Waals surface area contributed by atoms with Crippen LogP contribution in [0.25, 0.3) is 22.0 Å². The van der Waals surface area contributed by atoms with Crippen molar-refractivity contribution in [3.05, 3.63) is 65.7 Å². The number of anilines is 3. The molecular formula is C23H22ClN5O3. The standard InChI is InChI=1S/C23H22ClN5O3/c1-31-11-12-32-19-10-9-18(20-21(19)28-29-22(20)25)14-5-7-16(8-6-14)26-23(30)27-17-4-2-3-15(24)13-17/h2-10,13H,11-12H2,1H3,(H3,25,28,29)(H2,26,27,30). The Kier molecular flexibility index (Phi) is 6.44. The summed E-state index contributed by atoms with van der Waals surface area (Å²) >= 11 is 5.95. The number of hydrogen-bond donors (Lipinski definition) is 4. The van der Waals surface area contributed by atoms with Crippen molar-refractivity contribution >= 4 is 45.7 Å². The maximum Gasteiger partial charge on any atom is 0.323 e. The molecule has 1 heterocycles. The normalized spacial score (nSPS) is 10.8. The molecule has 0 fully saturated rings. The molecular weight excluding hydrogens is 430 g/mol. The van der Waals surface area contributed by atoms with Crippen molar-refractivity contribution in [1.29, 1.82) is 0 Å². The van der Waals surface area contributed by atoms with Gasteiger partial charge in [0, 0.05) is 23.5 Å². The fraction of sp³-hybridized carbons (Fsp3) is 0.130. The lowest BCUT2D eigenvalue weighted by atomic mass is 10.0. The fourth-order valence-electron chi connectivity index (χ4n) is 3.32. The van der Waals surface area contributed by atoms with E-state index in [1.54, 1.807) is 31.4 Å². The molecule has 1 aromatic heterocycles. The minimum absolute atomic E-state index is 0.362. The summed E-state index contributed by atoms with van der Waals surface area (Å²) in [5.74, 6) is 1.04. The van der Waals surface area contributed by atoms with Crippen molar-refractivity contribution in [2.75, 3.05) is 36.7 Å². The molecule has 0 spiro atoms. The monoisotopic (exact) mass is 451 g/mol. The number of halogens is 1. The van der Waals surface area contributed by atoms with E-state index in [2.05, 4.69) is 20.8 Å². The van der Waals surface area contributed by atoms with Gasteiger partial charge in [-0.2, -0.15) is 5.10 Å². The van der Waals surface area contributed by atoms with Gasteiger partial charge in [-0.15, -0.1) is 0 Å². The first-order chi connectivity index (χ1) is 15.5. The Bertz CT molecular complexity index is 1240. The molecule has 4 aromatic rings. The van der Waals surface area contributed by atoms with Gasteiger partial charge in [0.2, 0.25) is 0 Å². The molecule has 0 saturated carbocycles. The number of carbonyl (C=O) groups is 1. The molecule has 0 aliphatic heterocycles. The highest BCUT2D eigenvalue weighted by atomic mass is 35.5. The number of amides is 2. The van der Waals surface area contributed by atoms with Crippen LogP contribution in [0.5, 0.6) is 5.75 Å². The number of nitrogens with zero attached hydrogens (tertiary/aromatic N) is 1. The van der Waals surface area contributed by atoms with E-state index >= 15 is 0 Å². The van der Waals surface area contributed by atoms with E-state index in [9.17, 15) is 4.79 Å². The molecule has 0 bridgehead atoms. The average Bonchev–Trinajstić information content (AvgIpc) is 3.17. The molecule has 3 aromatic carbocycles. The summed E-state index contributed by atoms with van der Waals surface area (Å²) in [4.78, 5) is 12.3. The van der Waals surface area contributed by atoms with E-state index in [1.807, 2.05) is 36.4 Å². The van der Waals surface area contributed by atoms with E-state index in [-0.39, 0.29) is 6.03 Å².